The van der Waals surface area contributed by atoms with E-state index in [2.05, 4.69) is 4.98 Å². The van der Waals surface area contributed by atoms with Gasteiger partial charge in [-0.05, 0) is 50.1 Å². The number of non-ortho nitro benzene ring substituents is 1. The van der Waals surface area contributed by atoms with Gasteiger partial charge in [-0.1, -0.05) is 54.6 Å². The lowest BCUT2D eigenvalue weighted by molar-refractivity contribution is -0.384. The minimum atomic E-state index is -0.778. The maximum absolute atomic E-state index is 13.2. The van der Waals surface area contributed by atoms with Crippen LogP contribution < -0.4 is 10.5 Å². The molecular formula is C29H27N3O5. The van der Waals surface area contributed by atoms with E-state index in [1.54, 1.807) is 39.0 Å². The number of para-hydroxylation sites is 1. The maximum Gasteiger partial charge on any atom is 0.343 e. The fraction of sp³-hybridized carbons (Fsp3) is 0.172. The molecule has 188 valence electrons. The molecule has 0 aliphatic carbocycles. The summed E-state index contributed by atoms with van der Waals surface area (Å²) in [5, 5.41) is 11.4. The van der Waals surface area contributed by atoms with Crippen LogP contribution in [-0.4, -0.2) is 21.5 Å². The van der Waals surface area contributed by atoms with Gasteiger partial charge in [0.2, 0.25) is 0 Å². The minimum absolute atomic E-state index is 0.0434. The highest BCUT2D eigenvalue weighted by atomic mass is 16.6. The molecule has 0 fully saturated rings. The number of pyridine rings is 1. The van der Waals surface area contributed by atoms with E-state index in [0.717, 1.165) is 5.56 Å². The Bertz CT molecular complexity index is 1450. The number of carbonyl (C=O) groups is 1. The zero-order chi connectivity index (χ0) is 26.6. The molecule has 0 bridgehead atoms. The van der Waals surface area contributed by atoms with Crippen molar-refractivity contribution in [3.8, 4) is 28.1 Å². The molecule has 0 saturated carbocycles. The van der Waals surface area contributed by atoms with Gasteiger partial charge in [-0.15, -0.1) is 0 Å². The molecule has 1 aromatic heterocycles. The van der Waals surface area contributed by atoms with Crippen molar-refractivity contribution in [2.45, 2.75) is 33.0 Å². The largest absolute Gasteiger partial charge is 0.488 e. The normalized spacial score (nSPS) is 11.1. The quantitative estimate of drug-likeness (QED) is 0.177. The molecule has 0 radical (unpaired) electrons. The maximum atomic E-state index is 13.2. The third-order valence-electron chi connectivity index (χ3n) is 5.42. The summed E-state index contributed by atoms with van der Waals surface area (Å²) >= 11 is 0. The number of nitrogen functional groups attached to an aromatic ring is 1. The van der Waals surface area contributed by atoms with Gasteiger partial charge in [-0.3, -0.25) is 10.1 Å². The number of esters is 1. The Kier molecular flexibility index (Phi) is 7.20. The van der Waals surface area contributed by atoms with Crippen molar-refractivity contribution in [3.05, 3.63) is 106 Å². The van der Waals surface area contributed by atoms with Gasteiger partial charge < -0.3 is 15.2 Å². The third kappa shape index (κ3) is 6.10. The second-order valence-electron chi connectivity index (χ2n) is 9.40. The molecule has 1 heterocycles. The van der Waals surface area contributed by atoms with E-state index in [0.29, 0.717) is 34.7 Å². The van der Waals surface area contributed by atoms with Gasteiger partial charge in [-0.25, -0.2) is 9.78 Å². The van der Waals surface area contributed by atoms with Crippen LogP contribution in [0.15, 0.2) is 84.9 Å². The number of aromatic nitrogens is 1. The lowest BCUT2D eigenvalue weighted by Gasteiger charge is -2.22. The SMILES string of the molecule is CC(C)(C)OC(=O)c1c(-c2cccc([N+](=O)[O-])c2)cc(-c2ccccc2OCc2ccccc2)nc1N. The third-order valence-corrected chi connectivity index (χ3v) is 5.42. The van der Waals surface area contributed by atoms with E-state index in [1.807, 2.05) is 54.6 Å². The van der Waals surface area contributed by atoms with Crippen LogP contribution in [0.5, 0.6) is 5.75 Å². The molecule has 0 saturated heterocycles. The Balaban J connectivity index is 1.84. The Morgan fingerprint density at radius 2 is 1.65 bits per heavy atom. The number of benzene rings is 3. The second kappa shape index (κ2) is 10.5. The Labute approximate surface area is 214 Å². The van der Waals surface area contributed by atoms with Crippen molar-refractivity contribution in [2.75, 3.05) is 5.73 Å². The van der Waals surface area contributed by atoms with Crippen molar-refractivity contribution in [2.24, 2.45) is 0 Å². The molecule has 0 spiro atoms. The monoisotopic (exact) mass is 497 g/mol. The molecule has 0 unspecified atom stereocenters. The van der Waals surface area contributed by atoms with Crippen LogP contribution in [0.1, 0.15) is 36.7 Å². The van der Waals surface area contributed by atoms with Gasteiger partial charge in [0, 0.05) is 23.3 Å². The molecule has 4 aromatic rings. The Morgan fingerprint density at radius 1 is 0.946 bits per heavy atom. The summed E-state index contributed by atoms with van der Waals surface area (Å²) in [4.78, 5) is 28.6. The fourth-order valence-electron chi connectivity index (χ4n) is 3.80. The van der Waals surface area contributed by atoms with Crippen molar-refractivity contribution < 1.29 is 19.2 Å². The van der Waals surface area contributed by atoms with Crippen LogP contribution in [0.3, 0.4) is 0 Å². The zero-order valence-electron chi connectivity index (χ0n) is 20.8. The Hall–Kier alpha value is -4.72. The molecule has 8 heteroatoms. The molecule has 0 aliphatic rings. The van der Waals surface area contributed by atoms with E-state index in [9.17, 15) is 14.9 Å². The van der Waals surface area contributed by atoms with Crippen molar-refractivity contribution >= 4 is 17.5 Å². The van der Waals surface area contributed by atoms with Gasteiger partial charge in [0.15, 0.2) is 0 Å². The van der Waals surface area contributed by atoms with Crippen molar-refractivity contribution in [3.63, 3.8) is 0 Å². The first-order chi connectivity index (χ1) is 17.6. The molecule has 8 nitrogen and oxygen atoms in total. The molecule has 0 aliphatic heterocycles. The predicted octanol–water partition coefficient (Wildman–Crippen LogP) is 6.44. The lowest BCUT2D eigenvalue weighted by Crippen LogP contribution is -2.25. The van der Waals surface area contributed by atoms with E-state index < -0.39 is 16.5 Å². The van der Waals surface area contributed by atoms with E-state index >= 15 is 0 Å². The summed E-state index contributed by atoms with van der Waals surface area (Å²) in [6.45, 7) is 5.59. The summed E-state index contributed by atoms with van der Waals surface area (Å²) in [6, 6.07) is 24.8. The van der Waals surface area contributed by atoms with Crippen LogP contribution >= 0.6 is 0 Å². The van der Waals surface area contributed by atoms with E-state index in [-0.39, 0.29) is 17.1 Å². The fourth-order valence-corrected chi connectivity index (χ4v) is 3.80. The van der Waals surface area contributed by atoms with Crippen LogP contribution in [-0.2, 0) is 11.3 Å². The summed E-state index contributed by atoms with van der Waals surface area (Å²) in [7, 11) is 0. The average molecular weight is 498 g/mol. The molecule has 37 heavy (non-hydrogen) atoms. The van der Waals surface area contributed by atoms with Crippen LogP contribution in [0, 0.1) is 10.1 Å². The van der Waals surface area contributed by atoms with Gasteiger partial charge in [0.05, 0.1) is 10.6 Å². The summed E-state index contributed by atoms with van der Waals surface area (Å²) in [5.41, 5.74) is 8.42. The number of hydrogen-bond donors (Lipinski definition) is 1. The summed E-state index contributed by atoms with van der Waals surface area (Å²) in [6.07, 6.45) is 0. The minimum Gasteiger partial charge on any atom is -0.488 e. The molecule has 3 aromatic carbocycles. The molecular weight excluding hydrogens is 470 g/mol. The van der Waals surface area contributed by atoms with Crippen LogP contribution in [0.2, 0.25) is 0 Å². The highest BCUT2D eigenvalue weighted by Gasteiger charge is 2.26. The van der Waals surface area contributed by atoms with Crippen molar-refractivity contribution in [1.29, 1.82) is 0 Å². The van der Waals surface area contributed by atoms with Gasteiger partial charge in [0.25, 0.3) is 5.69 Å². The molecule has 0 amide bonds. The number of nitrogens with zero attached hydrogens (tertiary/aromatic N) is 2. The average Bonchev–Trinajstić information content (AvgIpc) is 2.86. The standard InChI is InChI=1S/C29H27N3O5/c1-29(2,3)37-28(33)26-23(20-12-9-13-21(16-20)32(34)35)17-24(31-27(26)30)22-14-7-8-15-25(22)36-18-19-10-5-4-6-11-19/h4-17H,18H2,1-3H3,(H2,30,31). The first-order valence-corrected chi connectivity index (χ1v) is 11.7. The van der Waals surface area contributed by atoms with Crippen molar-refractivity contribution in [1.82, 2.24) is 4.98 Å². The van der Waals surface area contributed by atoms with Crippen LogP contribution in [0.25, 0.3) is 22.4 Å². The number of nitro benzene ring substituents is 1. The number of ether oxygens (including phenoxy) is 2. The summed E-state index contributed by atoms with van der Waals surface area (Å²) < 4.78 is 11.7. The van der Waals surface area contributed by atoms with Gasteiger partial charge in [0.1, 0.15) is 29.3 Å². The number of hydrogen-bond acceptors (Lipinski definition) is 7. The lowest BCUT2D eigenvalue weighted by atomic mass is 9.97. The number of nitrogens with two attached hydrogens (primary N) is 1. The first-order valence-electron chi connectivity index (χ1n) is 11.7. The number of anilines is 1. The summed E-state index contributed by atoms with van der Waals surface area (Å²) in [5.74, 6) is -0.140. The molecule has 2 N–H and O–H groups in total. The highest BCUT2D eigenvalue weighted by Crippen LogP contribution is 2.37. The number of carbonyl (C=O) groups excluding carboxylic acids is 1. The first kappa shape index (κ1) is 25.4. The Morgan fingerprint density at radius 3 is 2.35 bits per heavy atom. The zero-order valence-corrected chi connectivity index (χ0v) is 20.8. The number of nitro groups is 1. The molecule has 4 rings (SSSR count). The van der Waals surface area contributed by atoms with Gasteiger partial charge >= 0.3 is 5.97 Å². The predicted molar refractivity (Wildman–Crippen MR) is 142 cm³/mol. The second-order valence-corrected chi connectivity index (χ2v) is 9.40. The van der Waals surface area contributed by atoms with Crippen LogP contribution in [0.4, 0.5) is 11.5 Å². The highest BCUT2D eigenvalue weighted by molar-refractivity contribution is 6.03. The molecule has 0 atom stereocenters. The topological polar surface area (TPSA) is 118 Å². The number of rotatable bonds is 7. The smallest absolute Gasteiger partial charge is 0.343 e. The van der Waals surface area contributed by atoms with E-state index in [1.165, 1.54) is 12.1 Å². The van der Waals surface area contributed by atoms with E-state index in [4.69, 9.17) is 15.2 Å². The van der Waals surface area contributed by atoms with Gasteiger partial charge in [-0.2, -0.15) is 0 Å².